The van der Waals surface area contributed by atoms with E-state index >= 15 is 0 Å². The van der Waals surface area contributed by atoms with Crippen LogP contribution >= 0.6 is 11.8 Å². The van der Waals surface area contributed by atoms with Gasteiger partial charge in [0.2, 0.25) is 15.9 Å². The van der Waals surface area contributed by atoms with Crippen LogP contribution in [-0.4, -0.2) is 86.6 Å². The van der Waals surface area contributed by atoms with Gasteiger partial charge in [0.25, 0.3) is 5.97 Å². The number of amides is 1. The summed E-state index contributed by atoms with van der Waals surface area (Å²) in [7, 11) is -3.94. The molecule has 5 N–H and O–H groups in total. The highest BCUT2D eigenvalue weighted by molar-refractivity contribution is 7.99. The molecule has 41 heavy (non-hydrogen) atoms. The summed E-state index contributed by atoms with van der Waals surface area (Å²) in [6.07, 6.45) is 3.97. The topological polar surface area (TPSA) is 168 Å². The Bertz CT molecular complexity index is 1130. The Hall–Kier alpha value is -2.35. The van der Waals surface area contributed by atoms with Crippen molar-refractivity contribution in [3.05, 3.63) is 23.8 Å². The molecule has 13 heteroatoms. The predicted octanol–water partition coefficient (Wildman–Crippen LogP) is 2.69. The Labute approximate surface area is 248 Å². The van der Waals surface area contributed by atoms with Gasteiger partial charge in [-0.05, 0) is 67.4 Å². The van der Waals surface area contributed by atoms with Crippen LogP contribution in [0.5, 0.6) is 0 Å². The second-order valence-corrected chi connectivity index (χ2v) is 14.1. The summed E-state index contributed by atoms with van der Waals surface area (Å²) < 4.78 is 35.0. The number of nitrogens with two attached hydrogens (primary N) is 1. The lowest BCUT2D eigenvalue weighted by Crippen LogP contribution is -2.52. The van der Waals surface area contributed by atoms with Crippen molar-refractivity contribution < 1.29 is 32.6 Å². The molecular weight excluding hydrogens is 568 g/mol. The first-order chi connectivity index (χ1) is 19.3. The molecule has 0 spiro atoms. The average Bonchev–Trinajstić information content (AvgIpc) is 2.89. The van der Waals surface area contributed by atoms with Gasteiger partial charge in [0.15, 0.2) is 0 Å². The Morgan fingerprint density at radius 1 is 1.24 bits per heavy atom. The van der Waals surface area contributed by atoms with E-state index in [1.807, 2.05) is 6.07 Å². The molecule has 2 aliphatic heterocycles. The second kappa shape index (κ2) is 16.3. The Morgan fingerprint density at radius 2 is 1.90 bits per heavy atom. The van der Waals surface area contributed by atoms with Crippen LogP contribution in [0.25, 0.3) is 0 Å². The number of benzene rings is 1. The van der Waals surface area contributed by atoms with Crippen molar-refractivity contribution in [2.75, 3.05) is 49.6 Å². The number of fused-ring (bicyclic) bond motifs is 1. The van der Waals surface area contributed by atoms with Gasteiger partial charge in [-0.1, -0.05) is 26.0 Å². The van der Waals surface area contributed by atoms with Gasteiger partial charge in [-0.2, -0.15) is 16.5 Å². The van der Waals surface area contributed by atoms with Crippen LogP contribution in [0.3, 0.4) is 0 Å². The number of carboxylic acid groups (broad SMARTS) is 1. The molecule has 2 aliphatic rings. The van der Waals surface area contributed by atoms with Gasteiger partial charge in [0.1, 0.15) is 10.9 Å². The molecule has 0 bridgehead atoms. The maximum absolute atomic E-state index is 13.6. The fourth-order valence-electron chi connectivity index (χ4n) is 4.88. The highest BCUT2D eigenvalue weighted by atomic mass is 32.2. The van der Waals surface area contributed by atoms with Crippen LogP contribution < -0.4 is 15.8 Å². The molecule has 1 fully saturated rings. The molecule has 3 rings (SSSR count). The monoisotopic (exact) mass is 614 g/mol. The first kappa shape index (κ1) is 34.8. The molecule has 0 aliphatic carbocycles. The molecular formula is C28H46N4O7S2. The third kappa shape index (κ3) is 11.8. The number of carbonyl (C=O) groups excluding carboxylic acids is 2. The number of hydrogen-bond donors (Lipinski definition) is 4. The standard InChI is InChI=1S/C26H42N4O5S2.C2H4O2/c1-19(31)35-14-10-20-8-12-30(13-9-20)25(32)22(17-36-15-5-11-27)29-37(33,34)23-7-4-6-21-16-26(2,3)18-28-24(21)23;1-2(3)4/h4,6-7,20,22,28-29H,5,8-18,27H2,1-3H3;1H3,(H,3,4)/t22-;/m0./s1. The number of rotatable bonds is 12. The van der Waals surface area contributed by atoms with E-state index in [-0.39, 0.29) is 22.2 Å². The number of aliphatic carboxylic acids is 1. The molecule has 1 saturated heterocycles. The van der Waals surface area contributed by atoms with Crippen molar-refractivity contribution in [1.29, 1.82) is 0 Å². The van der Waals surface area contributed by atoms with E-state index in [9.17, 15) is 18.0 Å². The number of hydrogen-bond acceptors (Lipinski definition) is 9. The van der Waals surface area contributed by atoms with E-state index in [0.29, 0.717) is 50.1 Å². The van der Waals surface area contributed by atoms with E-state index in [1.54, 1.807) is 17.0 Å². The number of ether oxygens (including phenoxy) is 1. The highest BCUT2D eigenvalue weighted by Crippen LogP contribution is 2.36. The van der Waals surface area contributed by atoms with Gasteiger partial charge in [-0.25, -0.2) is 8.42 Å². The molecule has 0 aromatic heterocycles. The normalized spacial score (nSPS) is 17.3. The number of nitrogens with zero attached hydrogens (tertiary/aromatic N) is 1. The predicted molar refractivity (Wildman–Crippen MR) is 161 cm³/mol. The number of carboxylic acids is 1. The van der Waals surface area contributed by atoms with Crippen molar-refractivity contribution in [1.82, 2.24) is 9.62 Å². The molecule has 2 heterocycles. The summed E-state index contributed by atoms with van der Waals surface area (Å²) in [6.45, 7) is 9.52. The van der Waals surface area contributed by atoms with Crippen LogP contribution in [0.2, 0.25) is 0 Å². The van der Waals surface area contributed by atoms with Crippen molar-refractivity contribution in [2.45, 2.75) is 70.7 Å². The number of sulfonamides is 1. The quantitative estimate of drug-likeness (QED) is 0.203. The number of esters is 1. The molecule has 0 saturated carbocycles. The Kier molecular flexibility index (Phi) is 13.9. The number of piperidine rings is 1. The molecule has 0 unspecified atom stereocenters. The van der Waals surface area contributed by atoms with Gasteiger partial charge in [-0.15, -0.1) is 0 Å². The van der Waals surface area contributed by atoms with Crippen molar-refractivity contribution >= 4 is 45.3 Å². The number of para-hydroxylation sites is 1. The molecule has 1 aromatic carbocycles. The average molecular weight is 615 g/mol. The van der Waals surface area contributed by atoms with E-state index in [2.05, 4.69) is 23.9 Å². The third-order valence-electron chi connectivity index (χ3n) is 6.95. The zero-order valence-corrected chi connectivity index (χ0v) is 26.2. The lowest BCUT2D eigenvalue weighted by Gasteiger charge is -2.35. The fourth-order valence-corrected chi connectivity index (χ4v) is 7.40. The third-order valence-corrected chi connectivity index (χ3v) is 9.61. The Balaban J connectivity index is 0.00000138. The minimum atomic E-state index is -3.94. The zero-order valence-electron chi connectivity index (χ0n) is 24.6. The number of nitrogens with one attached hydrogen (secondary N) is 2. The lowest BCUT2D eigenvalue weighted by atomic mass is 9.82. The van der Waals surface area contributed by atoms with E-state index in [0.717, 1.165) is 50.3 Å². The molecule has 11 nitrogen and oxygen atoms in total. The van der Waals surface area contributed by atoms with Crippen LogP contribution in [0.15, 0.2) is 23.1 Å². The van der Waals surface area contributed by atoms with Gasteiger partial charge in [0, 0.05) is 39.2 Å². The highest BCUT2D eigenvalue weighted by Gasteiger charge is 2.34. The summed E-state index contributed by atoms with van der Waals surface area (Å²) in [4.78, 5) is 35.5. The summed E-state index contributed by atoms with van der Waals surface area (Å²) in [5.74, 6) is 0.176. The van der Waals surface area contributed by atoms with Crippen molar-refractivity contribution in [3.8, 4) is 0 Å². The van der Waals surface area contributed by atoms with Gasteiger partial charge >= 0.3 is 5.97 Å². The summed E-state index contributed by atoms with van der Waals surface area (Å²) in [5.41, 5.74) is 7.24. The van der Waals surface area contributed by atoms with Crippen molar-refractivity contribution in [3.63, 3.8) is 0 Å². The summed E-state index contributed by atoms with van der Waals surface area (Å²) >= 11 is 1.54. The molecule has 1 aromatic rings. The smallest absolute Gasteiger partial charge is 0.302 e. The Morgan fingerprint density at radius 3 is 2.51 bits per heavy atom. The number of anilines is 1. The maximum atomic E-state index is 13.6. The molecule has 1 amide bonds. The first-order valence-electron chi connectivity index (χ1n) is 14.0. The molecule has 0 radical (unpaired) electrons. The van der Waals surface area contributed by atoms with E-state index in [4.69, 9.17) is 20.4 Å². The zero-order chi connectivity index (χ0) is 30.6. The first-order valence-corrected chi connectivity index (χ1v) is 16.7. The largest absolute Gasteiger partial charge is 0.481 e. The minimum Gasteiger partial charge on any atom is -0.481 e. The number of likely N-dealkylation sites (tertiary alicyclic amines) is 1. The maximum Gasteiger partial charge on any atom is 0.302 e. The molecule has 1 atom stereocenters. The summed E-state index contributed by atoms with van der Waals surface area (Å²) in [5, 5.41) is 10.7. The van der Waals surface area contributed by atoms with Crippen molar-refractivity contribution in [2.24, 2.45) is 17.1 Å². The van der Waals surface area contributed by atoms with Crippen LogP contribution in [0, 0.1) is 11.3 Å². The number of carbonyl (C=O) groups is 3. The SMILES string of the molecule is CC(=O)O.CC(=O)OCCC1CCN(C(=O)[C@H](CSCCCN)NS(=O)(=O)c2cccc3c2NCC(C)(C)C3)CC1. The van der Waals surface area contributed by atoms with Crippen LogP contribution in [0.1, 0.15) is 58.9 Å². The summed E-state index contributed by atoms with van der Waals surface area (Å²) in [6, 6.07) is 4.47. The van der Waals surface area contributed by atoms with E-state index in [1.165, 1.54) is 18.7 Å². The minimum absolute atomic E-state index is 0.0330. The van der Waals surface area contributed by atoms with Gasteiger partial charge < -0.3 is 25.8 Å². The van der Waals surface area contributed by atoms with Gasteiger partial charge in [-0.3, -0.25) is 14.4 Å². The lowest BCUT2D eigenvalue weighted by molar-refractivity contribution is -0.141. The van der Waals surface area contributed by atoms with E-state index < -0.39 is 22.0 Å². The van der Waals surface area contributed by atoms with Crippen LogP contribution in [0.4, 0.5) is 5.69 Å². The van der Waals surface area contributed by atoms with Crippen LogP contribution in [-0.2, 0) is 35.6 Å². The van der Waals surface area contributed by atoms with Gasteiger partial charge in [0.05, 0.1) is 12.3 Å². The number of thioether (sulfide) groups is 1. The fraction of sp³-hybridized carbons (Fsp3) is 0.679. The molecule has 232 valence electrons. The second-order valence-electron chi connectivity index (χ2n) is 11.3.